The lowest BCUT2D eigenvalue weighted by Gasteiger charge is -2.23. The SMILES string of the molecule is C/N=C/C(Cl)=C(/Cl)C(=O)NC1CCCCO1. The maximum Gasteiger partial charge on any atom is 0.266 e. The van der Waals surface area contributed by atoms with Gasteiger partial charge in [0.15, 0.2) is 0 Å². The van der Waals surface area contributed by atoms with Crippen LogP contribution in [-0.2, 0) is 9.53 Å². The van der Waals surface area contributed by atoms with Crippen LogP contribution in [0.2, 0.25) is 0 Å². The zero-order valence-corrected chi connectivity index (χ0v) is 10.5. The third kappa shape index (κ3) is 4.12. The molecule has 1 heterocycles. The van der Waals surface area contributed by atoms with Crippen LogP contribution >= 0.6 is 23.2 Å². The van der Waals surface area contributed by atoms with Crippen LogP contribution in [0.15, 0.2) is 15.1 Å². The van der Waals surface area contributed by atoms with E-state index < -0.39 is 5.91 Å². The van der Waals surface area contributed by atoms with E-state index in [1.807, 2.05) is 0 Å². The summed E-state index contributed by atoms with van der Waals surface area (Å²) in [5.74, 6) is -0.432. The number of allylic oxidation sites excluding steroid dienone is 1. The average molecular weight is 265 g/mol. The number of carbonyl (C=O) groups is 1. The summed E-state index contributed by atoms with van der Waals surface area (Å²) < 4.78 is 5.35. The van der Waals surface area contributed by atoms with Crippen LogP contribution in [0.25, 0.3) is 0 Å². The second-order valence-electron chi connectivity index (χ2n) is 3.38. The normalized spacial score (nSPS) is 23.1. The molecule has 1 amide bonds. The van der Waals surface area contributed by atoms with Crippen molar-refractivity contribution in [3.63, 3.8) is 0 Å². The van der Waals surface area contributed by atoms with E-state index in [1.54, 1.807) is 7.05 Å². The molecular formula is C10H14Cl2N2O2. The summed E-state index contributed by atoms with van der Waals surface area (Å²) in [6, 6.07) is 0. The fourth-order valence-corrected chi connectivity index (χ4v) is 1.63. The molecule has 0 aromatic carbocycles. The van der Waals surface area contributed by atoms with Crippen LogP contribution in [0.3, 0.4) is 0 Å². The van der Waals surface area contributed by atoms with Gasteiger partial charge >= 0.3 is 0 Å². The summed E-state index contributed by atoms with van der Waals surface area (Å²) in [6.07, 6.45) is 3.92. The first kappa shape index (κ1) is 13.5. The first-order valence-electron chi connectivity index (χ1n) is 5.05. The molecule has 1 saturated heterocycles. The Morgan fingerprint density at radius 1 is 1.50 bits per heavy atom. The van der Waals surface area contributed by atoms with Crippen molar-refractivity contribution in [2.75, 3.05) is 13.7 Å². The molecule has 0 saturated carbocycles. The standard InChI is InChI=1S/C10H14Cl2N2O2/c1-13-6-7(11)9(12)10(15)14-8-4-2-3-5-16-8/h6,8H,2-5H2,1H3,(H,14,15)/b9-7-,13-6+. The number of rotatable bonds is 3. The lowest BCUT2D eigenvalue weighted by atomic mass is 10.2. The molecule has 1 fully saturated rings. The van der Waals surface area contributed by atoms with E-state index in [4.69, 9.17) is 27.9 Å². The Morgan fingerprint density at radius 3 is 2.81 bits per heavy atom. The largest absolute Gasteiger partial charge is 0.359 e. The van der Waals surface area contributed by atoms with Crippen LogP contribution < -0.4 is 5.32 Å². The molecule has 0 aliphatic carbocycles. The molecule has 1 unspecified atom stereocenters. The van der Waals surface area contributed by atoms with Gasteiger partial charge in [0.1, 0.15) is 11.3 Å². The fraction of sp³-hybridized carbons (Fsp3) is 0.600. The third-order valence-electron chi connectivity index (χ3n) is 2.12. The number of aliphatic imine (C=N–C) groups is 1. The van der Waals surface area contributed by atoms with E-state index in [1.165, 1.54) is 6.21 Å². The molecule has 0 radical (unpaired) electrons. The molecule has 16 heavy (non-hydrogen) atoms. The molecule has 1 atom stereocenters. The lowest BCUT2D eigenvalue weighted by Crippen LogP contribution is -2.39. The zero-order chi connectivity index (χ0) is 12.0. The van der Waals surface area contributed by atoms with Crippen molar-refractivity contribution < 1.29 is 9.53 Å². The van der Waals surface area contributed by atoms with Gasteiger partial charge in [-0.2, -0.15) is 0 Å². The summed E-state index contributed by atoms with van der Waals surface area (Å²) in [6.45, 7) is 0.663. The first-order chi connectivity index (χ1) is 7.65. The molecule has 0 bridgehead atoms. The number of hydrogen-bond acceptors (Lipinski definition) is 3. The molecule has 1 rings (SSSR count). The number of ether oxygens (including phenoxy) is 1. The topological polar surface area (TPSA) is 50.7 Å². The molecule has 90 valence electrons. The minimum atomic E-state index is -0.432. The van der Waals surface area contributed by atoms with Crippen molar-refractivity contribution in [1.29, 1.82) is 0 Å². The highest BCUT2D eigenvalue weighted by molar-refractivity contribution is 6.52. The molecule has 1 aliphatic heterocycles. The van der Waals surface area contributed by atoms with Crippen LogP contribution in [0.1, 0.15) is 19.3 Å². The highest BCUT2D eigenvalue weighted by atomic mass is 35.5. The van der Waals surface area contributed by atoms with Crippen molar-refractivity contribution in [3.05, 3.63) is 10.1 Å². The number of carbonyl (C=O) groups excluding carboxylic acids is 1. The molecule has 6 heteroatoms. The summed E-state index contributed by atoms with van der Waals surface area (Å²) in [7, 11) is 1.55. The number of amides is 1. The van der Waals surface area contributed by atoms with Crippen molar-refractivity contribution in [2.45, 2.75) is 25.5 Å². The van der Waals surface area contributed by atoms with Gasteiger partial charge in [-0.05, 0) is 19.3 Å². The summed E-state index contributed by atoms with van der Waals surface area (Å²) in [5, 5.41) is 2.72. The van der Waals surface area contributed by atoms with Crippen LogP contribution in [0, 0.1) is 0 Å². The van der Waals surface area contributed by atoms with E-state index >= 15 is 0 Å². The minimum Gasteiger partial charge on any atom is -0.359 e. The quantitative estimate of drug-likeness (QED) is 0.627. The third-order valence-corrected chi connectivity index (χ3v) is 2.88. The van der Waals surface area contributed by atoms with Gasteiger partial charge in [-0.3, -0.25) is 9.79 Å². The molecular weight excluding hydrogens is 251 g/mol. The zero-order valence-electron chi connectivity index (χ0n) is 9.00. The van der Waals surface area contributed by atoms with Gasteiger partial charge < -0.3 is 10.1 Å². The minimum absolute atomic E-state index is 0.0681. The van der Waals surface area contributed by atoms with Gasteiger partial charge in [0.05, 0.1) is 5.03 Å². The maximum absolute atomic E-state index is 11.6. The fourth-order valence-electron chi connectivity index (χ4n) is 1.34. The Balaban J connectivity index is 2.53. The second-order valence-corrected chi connectivity index (χ2v) is 4.16. The molecule has 1 N–H and O–H groups in total. The Kier molecular flexibility index (Phi) is 5.80. The van der Waals surface area contributed by atoms with Gasteiger partial charge in [0.25, 0.3) is 5.91 Å². The van der Waals surface area contributed by atoms with Gasteiger partial charge in [0, 0.05) is 19.9 Å². The second kappa shape index (κ2) is 6.89. The highest BCUT2D eigenvalue weighted by Gasteiger charge is 2.18. The van der Waals surface area contributed by atoms with Gasteiger partial charge in [0.2, 0.25) is 0 Å². The summed E-state index contributed by atoms with van der Waals surface area (Å²) >= 11 is 11.5. The van der Waals surface area contributed by atoms with E-state index in [-0.39, 0.29) is 16.3 Å². The Bertz CT molecular complexity index is 310. The van der Waals surface area contributed by atoms with E-state index in [2.05, 4.69) is 10.3 Å². The Labute approximate surface area is 105 Å². The van der Waals surface area contributed by atoms with E-state index in [9.17, 15) is 4.79 Å². The van der Waals surface area contributed by atoms with Crippen molar-refractivity contribution >= 4 is 35.3 Å². The monoisotopic (exact) mass is 264 g/mol. The van der Waals surface area contributed by atoms with Gasteiger partial charge in [-0.15, -0.1) is 0 Å². The number of hydrogen-bond donors (Lipinski definition) is 1. The van der Waals surface area contributed by atoms with Crippen LogP contribution in [0.4, 0.5) is 0 Å². The van der Waals surface area contributed by atoms with Gasteiger partial charge in [-0.1, -0.05) is 23.2 Å². The van der Waals surface area contributed by atoms with Crippen LogP contribution in [-0.4, -0.2) is 32.0 Å². The predicted molar refractivity (Wildman–Crippen MR) is 64.9 cm³/mol. The maximum atomic E-state index is 11.6. The molecule has 0 spiro atoms. The van der Waals surface area contributed by atoms with Crippen LogP contribution in [0.5, 0.6) is 0 Å². The average Bonchev–Trinajstić information content (AvgIpc) is 2.29. The van der Waals surface area contributed by atoms with Crippen molar-refractivity contribution in [2.24, 2.45) is 4.99 Å². The summed E-state index contributed by atoms with van der Waals surface area (Å²) in [5.41, 5.74) is 0. The Hall–Kier alpha value is -0.580. The first-order valence-corrected chi connectivity index (χ1v) is 5.80. The molecule has 0 aromatic heterocycles. The smallest absolute Gasteiger partial charge is 0.266 e. The van der Waals surface area contributed by atoms with E-state index in [0.717, 1.165) is 19.3 Å². The molecule has 1 aliphatic rings. The van der Waals surface area contributed by atoms with E-state index in [0.29, 0.717) is 6.61 Å². The number of nitrogens with zero attached hydrogens (tertiary/aromatic N) is 1. The van der Waals surface area contributed by atoms with Gasteiger partial charge in [-0.25, -0.2) is 0 Å². The summed E-state index contributed by atoms with van der Waals surface area (Å²) in [4.78, 5) is 15.3. The number of nitrogens with one attached hydrogen (secondary N) is 1. The lowest BCUT2D eigenvalue weighted by molar-refractivity contribution is -0.122. The molecule has 4 nitrogen and oxygen atoms in total. The van der Waals surface area contributed by atoms with Crippen molar-refractivity contribution in [1.82, 2.24) is 5.32 Å². The molecule has 0 aromatic rings. The predicted octanol–water partition coefficient (Wildman–Crippen LogP) is 2.02. The Morgan fingerprint density at radius 2 is 2.25 bits per heavy atom. The van der Waals surface area contributed by atoms with Crippen molar-refractivity contribution in [3.8, 4) is 0 Å². The highest BCUT2D eigenvalue weighted by Crippen LogP contribution is 2.15. The number of halogens is 2.